The van der Waals surface area contributed by atoms with E-state index < -0.39 is 6.10 Å². The van der Waals surface area contributed by atoms with Crippen LogP contribution in [0, 0.1) is 6.92 Å². The molecule has 4 aliphatic rings. The Balaban J connectivity index is 1.07. The number of rotatable bonds is 6. The van der Waals surface area contributed by atoms with Gasteiger partial charge in [0, 0.05) is 74.2 Å². The quantitative estimate of drug-likeness (QED) is 0.434. The Morgan fingerprint density at radius 1 is 0.978 bits per heavy atom. The molecule has 4 amide bonds. The van der Waals surface area contributed by atoms with Crippen LogP contribution in [0.4, 0.5) is 15.3 Å². The van der Waals surface area contributed by atoms with E-state index in [-0.39, 0.29) is 24.1 Å². The maximum absolute atomic E-state index is 13.9. The highest BCUT2D eigenvalue weighted by Gasteiger charge is 2.38. The molecule has 0 radical (unpaired) electrons. The summed E-state index contributed by atoms with van der Waals surface area (Å²) in [5.41, 5.74) is 4.08. The topological polar surface area (TPSA) is 98.7 Å². The Morgan fingerprint density at radius 3 is 2.44 bits per heavy atom. The molecule has 3 saturated heterocycles. The molecule has 2 aromatic rings. The van der Waals surface area contributed by atoms with Crippen LogP contribution in [0.1, 0.15) is 42.4 Å². The molecule has 4 heterocycles. The van der Waals surface area contributed by atoms with Gasteiger partial charge in [0.15, 0.2) is 6.10 Å². The molecule has 0 unspecified atom stereocenters. The van der Waals surface area contributed by atoms with E-state index >= 15 is 0 Å². The number of fused-ring (bicyclic) bond motifs is 1. The SMILES string of the molecule is Cc1ccc(C[C@@H](OC(=O)[NH+]2CCC(N3CCc4ccccc4NC3=O)CC2)C(=O)N2CCN(C3CCNCC3)CC2)cc1Br. The van der Waals surface area contributed by atoms with E-state index in [1.54, 1.807) is 0 Å². The Morgan fingerprint density at radius 2 is 1.71 bits per heavy atom. The van der Waals surface area contributed by atoms with Gasteiger partial charge in [-0.3, -0.25) is 9.69 Å². The molecular formula is C34H46BrN6O4+. The number of piperidine rings is 2. The lowest BCUT2D eigenvalue weighted by Gasteiger charge is -2.41. The molecule has 3 N–H and O–H groups in total. The summed E-state index contributed by atoms with van der Waals surface area (Å²) in [6, 6.07) is 14.5. The average Bonchev–Trinajstić information content (AvgIpc) is 3.24. The van der Waals surface area contributed by atoms with Crippen molar-refractivity contribution in [2.24, 2.45) is 0 Å². The number of anilines is 1. The number of nitrogens with one attached hydrogen (secondary N) is 3. The number of likely N-dealkylation sites (tertiary alicyclic amines) is 1. The second-order valence-corrected chi connectivity index (χ2v) is 13.7. The smallest absolute Gasteiger partial charge is 0.406 e. The molecule has 0 aliphatic carbocycles. The molecule has 11 heteroatoms. The van der Waals surface area contributed by atoms with Gasteiger partial charge in [-0.05, 0) is 68.1 Å². The summed E-state index contributed by atoms with van der Waals surface area (Å²) in [6.07, 6.45) is 3.58. The van der Waals surface area contributed by atoms with Crippen LogP contribution in [-0.4, -0.2) is 110 Å². The molecule has 0 aromatic heterocycles. The van der Waals surface area contributed by atoms with Crippen molar-refractivity contribution in [1.82, 2.24) is 20.0 Å². The highest BCUT2D eigenvalue weighted by Crippen LogP contribution is 2.24. The Labute approximate surface area is 274 Å². The number of hydrogen-bond donors (Lipinski definition) is 3. The van der Waals surface area contributed by atoms with Gasteiger partial charge in [0.05, 0.1) is 13.1 Å². The number of halogens is 1. The molecule has 1 atom stereocenters. The second-order valence-electron chi connectivity index (χ2n) is 12.9. The van der Waals surface area contributed by atoms with Crippen LogP contribution in [0.25, 0.3) is 0 Å². The van der Waals surface area contributed by atoms with Gasteiger partial charge in [-0.2, -0.15) is 4.79 Å². The van der Waals surface area contributed by atoms with Crippen LogP contribution in [0.5, 0.6) is 0 Å². The van der Waals surface area contributed by atoms with Gasteiger partial charge in [0.25, 0.3) is 5.91 Å². The summed E-state index contributed by atoms with van der Waals surface area (Å²) < 4.78 is 7.06. The molecule has 242 valence electrons. The van der Waals surface area contributed by atoms with Crippen LogP contribution in [0.3, 0.4) is 0 Å². The first-order valence-corrected chi connectivity index (χ1v) is 17.3. The Bertz CT molecular complexity index is 1370. The number of amides is 4. The van der Waals surface area contributed by atoms with Gasteiger partial charge in [0.1, 0.15) is 0 Å². The maximum atomic E-state index is 13.9. The highest BCUT2D eigenvalue weighted by molar-refractivity contribution is 9.10. The van der Waals surface area contributed by atoms with E-state index in [9.17, 15) is 14.4 Å². The summed E-state index contributed by atoms with van der Waals surface area (Å²) >= 11 is 3.61. The van der Waals surface area contributed by atoms with Crippen LogP contribution < -0.4 is 15.5 Å². The van der Waals surface area contributed by atoms with Gasteiger partial charge in [-0.15, -0.1) is 0 Å². The number of nitrogens with zero attached hydrogens (tertiary/aromatic N) is 3. The molecule has 2 aromatic carbocycles. The number of piperazine rings is 1. The number of quaternary nitrogens is 1. The summed E-state index contributed by atoms with van der Waals surface area (Å²) in [7, 11) is 0. The molecule has 4 aliphatic heterocycles. The van der Waals surface area contributed by atoms with E-state index in [0.717, 1.165) is 72.3 Å². The van der Waals surface area contributed by atoms with E-state index in [1.165, 1.54) is 0 Å². The first kappa shape index (κ1) is 32.0. The lowest BCUT2D eigenvalue weighted by Crippen LogP contribution is -3.16. The van der Waals surface area contributed by atoms with Crippen LogP contribution in [0.2, 0.25) is 0 Å². The predicted octanol–water partition coefficient (Wildman–Crippen LogP) is 2.84. The summed E-state index contributed by atoms with van der Waals surface area (Å²) in [5, 5.41) is 6.50. The number of carbonyl (C=O) groups is 3. The zero-order valence-electron chi connectivity index (χ0n) is 26.2. The maximum Gasteiger partial charge on any atom is 0.515 e. The van der Waals surface area contributed by atoms with Gasteiger partial charge in [0.2, 0.25) is 0 Å². The lowest BCUT2D eigenvalue weighted by atomic mass is 10.0. The van der Waals surface area contributed by atoms with Crippen LogP contribution >= 0.6 is 15.9 Å². The van der Waals surface area contributed by atoms with E-state index in [0.29, 0.717) is 62.9 Å². The fraction of sp³-hybridized carbons (Fsp3) is 0.559. The second kappa shape index (κ2) is 14.6. The molecule has 10 nitrogen and oxygen atoms in total. The molecule has 3 fully saturated rings. The number of hydrogen-bond acceptors (Lipinski definition) is 6. The van der Waals surface area contributed by atoms with Gasteiger partial charge in [-0.25, -0.2) is 9.69 Å². The first-order valence-electron chi connectivity index (χ1n) is 16.6. The number of ether oxygens (including phenoxy) is 1. The molecule has 0 spiro atoms. The van der Waals surface area contributed by atoms with E-state index in [4.69, 9.17) is 4.74 Å². The molecule has 0 bridgehead atoms. The number of para-hydroxylation sites is 1. The largest absolute Gasteiger partial charge is 0.515 e. The minimum Gasteiger partial charge on any atom is -0.406 e. The van der Waals surface area contributed by atoms with Crippen LogP contribution in [-0.2, 0) is 22.4 Å². The summed E-state index contributed by atoms with van der Waals surface area (Å²) in [4.78, 5) is 47.6. The van der Waals surface area contributed by atoms with E-state index in [2.05, 4.69) is 37.5 Å². The van der Waals surface area contributed by atoms with Crippen molar-refractivity contribution in [3.63, 3.8) is 0 Å². The first-order chi connectivity index (χ1) is 21.9. The van der Waals surface area contributed by atoms with Crippen molar-refractivity contribution in [3.05, 3.63) is 63.6 Å². The molecule has 45 heavy (non-hydrogen) atoms. The van der Waals surface area contributed by atoms with Crippen molar-refractivity contribution in [2.45, 2.75) is 63.6 Å². The third-order valence-corrected chi connectivity index (χ3v) is 10.9. The summed E-state index contributed by atoms with van der Waals surface area (Å²) in [6.45, 7) is 8.89. The standard InChI is InChI=1S/C34H45BrN6O4/c1-24-6-7-25(22-29(24)35)23-31(32(42)39-20-18-38(19-21-39)27-8-13-36-14-9-27)45-34(44)40-15-11-28(12-16-40)41-17-10-26-4-2-3-5-30(26)37-33(41)43/h2-7,22,27-28,31,36H,8-21,23H2,1H3,(H,37,43)/p+1/t31-/m1/s1. The van der Waals surface area contributed by atoms with Crippen LogP contribution in [0.15, 0.2) is 46.9 Å². The third-order valence-electron chi connectivity index (χ3n) is 10.1. The fourth-order valence-electron chi connectivity index (χ4n) is 7.26. The van der Waals surface area contributed by atoms with Gasteiger partial charge in [-0.1, -0.05) is 46.3 Å². The predicted molar refractivity (Wildman–Crippen MR) is 176 cm³/mol. The van der Waals surface area contributed by atoms with Crippen molar-refractivity contribution in [2.75, 3.05) is 64.2 Å². The minimum atomic E-state index is -0.877. The third kappa shape index (κ3) is 7.70. The van der Waals surface area contributed by atoms with Gasteiger partial charge >= 0.3 is 12.1 Å². The number of urea groups is 1. The lowest BCUT2D eigenvalue weighted by molar-refractivity contribution is -0.830. The number of aryl methyl sites for hydroxylation is 1. The molecule has 6 rings (SSSR count). The minimum absolute atomic E-state index is 0.0643. The Kier molecular flexibility index (Phi) is 10.4. The monoisotopic (exact) mass is 681 g/mol. The normalized spacial score (nSPS) is 23.9. The summed E-state index contributed by atoms with van der Waals surface area (Å²) in [5.74, 6) is -0.111. The van der Waals surface area contributed by atoms with Crippen molar-refractivity contribution in [3.8, 4) is 0 Å². The zero-order valence-corrected chi connectivity index (χ0v) is 27.8. The number of benzene rings is 2. The van der Waals surface area contributed by atoms with E-state index in [1.807, 2.05) is 53.1 Å². The fourth-order valence-corrected chi connectivity index (χ4v) is 7.68. The molecule has 0 saturated carbocycles. The van der Waals surface area contributed by atoms with Crippen molar-refractivity contribution in [1.29, 1.82) is 0 Å². The van der Waals surface area contributed by atoms with Crippen molar-refractivity contribution < 1.29 is 24.0 Å². The number of carbonyl (C=O) groups excluding carboxylic acids is 3. The molecular weight excluding hydrogens is 636 g/mol. The Hall–Kier alpha value is -2.99. The highest BCUT2D eigenvalue weighted by atomic mass is 79.9. The average molecular weight is 683 g/mol. The zero-order chi connectivity index (χ0) is 31.3. The van der Waals surface area contributed by atoms with Gasteiger partial charge < -0.3 is 25.2 Å². The van der Waals surface area contributed by atoms with Crippen molar-refractivity contribution >= 4 is 39.6 Å². The number of alkyl carbamates (subject to hydrolysis) is 2.